The van der Waals surface area contributed by atoms with Gasteiger partial charge in [0.05, 0.1) is 15.2 Å². The van der Waals surface area contributed by atoms with Crippen LogP contribution in [-0.2, 0) is 10.8 Å². The second-order valence-electron chi connectivity index (χ2n) is 14.6. The van der Waals surface area contributed by atoms with Gasteiger partial charge in [-0.3, -0.25) is 0 Å². The van der Waals surface area contributed by atoms with Crippen LogP contribution in [0, 0.1) is 0 Å². The van der Waals surface area contributed by atoms with E-state index in [1.54, 1.807) is 11.1 Å². The number of fused-ring (bicyclic) bond motifs is 1. The van der Waals surface area contributed by atoms with E-state index in [1.807, 2.05) is 7.11 Å². The lowest BCUT2D eigenvalue weighted by Crippen LogP contribution is -2.41. The third-order valence-electron chi connectivity index (χ3n) is 9.64. The molecule has 2 aromatic carbocycles. The molecule has 1 unspecified atom stereocenters. The Morgan fingerprint density at radius 2 is 1.26 bits per heavy atom. The van der Waals surface area contributed by atoms with Crippen molar-refractivity contribution in [1.82, 2.24) is 0 Å². The van der Waals surface area contributed by atoms with Crippen molar-refractivity contribution in [2.75, 3.05) is 7.11 Å². The first-order chi connectivity index (χ1) is 17.4. The molecule has 1 atom stereocenters. The van der Waals surface area contributed by atoms with E-state index in [2.05, 4.69) is 126 Å². The minimum Gasteiger partial charge on any atom is -0.496 e. The molecular formula is C36H50OSi. The van der Waals surface area contributed by atoms with E-state index in [4.69, 9.17) is 4.74 Å². The Labute approximate surface area is 234 Å². The first-order valence-corrected chi connectivity index (χ1v) is 17.5. The molecule has 204 valence electrons. The molecule has 2 aliphatic carbocycles. The zero-order valence-corrected chi connectivity index (χ0v) is 27.5. The van der Waals surface area contributed by atoms with Crippen LogP contribution in [0.25, 0.3) is 17.2 Å². The molecule has 0 aliphatic heterocycles. The topological polar surface area (TPSA) is 9.23 Å². The summed E-state index contributed by atoms with van der Waals surface area (Å²) in [7, 11) is -0.00811. The molecule has 0 fully saturated rings. The van der Waals surface area contributed by atoms with Crippen LogP contribution in [0.3, 0.4) is 0 Å². The lowest BCUT2D eigenvalue weighted by Gasteiger charge is -2.40. The van der Waals surface area contributed by atoms with E-state index < -0.39 is 8.07 Å². The molecular weight excluding hydrogens is 476 g/mol. The third kappa shape index (κ3) is 4.47. The molecule has 0 saturated carbocycles. The average Bonchev–Trinajstić information content (AvgIpc) is 3.25. The van der Waals surface area contributed by atoms with Gasteiger partial charge in [-0.25, -0.2) is 0 Å². The minimum absolute atomic E-state index is 0.0284. The zero-order valence-electron chi connectivity index (χ0n) is 26.5. The van der Waals surface area contributed by atoms with Crippen molar-refractivity contribution in [2.45, 2.75) is 111 Å². The monoisotopic (exact) mass is 526 g/mol. The summed E-state index contributed by atoms with van der Waals surface area (Å²) in [4.78, 5) is 0. The van der Waals surface area contributed by atoms with Crippen molar-refractivity contribution >= 4 is 14.1 Å². The summed E-state index contributed by atoms with van der Waals surface area (Å²) in [6.07, 6.45) is 2.49. The van der Waals surface area contributed by atoms with Gasteiger partial charge < -0.3 is 4.74 Å². The van der Waals surface area contributed by atoms with Crippen LogP contribution < -0.4 is 4.74 Å². The van der Waals surface area contributed by atoms with E-state index in [0.717, 1.165) is 5.75 Å². The van der Waals surface area contributed by atoms with Gasteiger partial charge in [0.2, 0.25) is 0 Å². The summed E-state index contributed by atoms with van der Waals surface area (Å²) in [5, 5.41) is 0. The second kappa shape index (κ2) is 9.40. The van der Waals surface area contributed by atoms with Gasteiger partial charge >= 0.3 is 0 Å². The van der Waals surface area contributed by atoms with Gasteiger partial charge in [-0.15, -0.1) is 0 Å². The van der Waals surface area contributed by atoms with Crippen molar-refractivity contribution in [3.8, 4) is 16.9 Å². The third-order valence-corrected chi connectivity index (χ3v) is 14.2. The van der Waals surface area contributed by atoms with Gasteiger partial charge in [0.15, 0.2) is 0 Å². The highest BCUT2D eigenvalue weighted by Crippen LogP contribution is 2.57. The van der Waals surface area contributed by atoms with Crippen molar-refractivity contribution in [3.05, 3.63) is 80.5 Å². The van der Waals surface area contributed by atoms with Gasteiger partial charge in [-0.1, -0.05) is 108 Å². The van der Waals surface area contributed by atoms with Crippen LogP contribution in [-0.4, -0.2) is 15.2 Å². The molecule has 0 heterocycles. The van der Waals surface area contributed by atoms with Crippen molar-refractivity contribution in [2.24, 2.45) is 0 Å². The van der Waals surface area contributed by atoms with Crippen molar-refractivity contribution in [1.29, 1.82) is 0 Å². The maximum atomic E-state index is 6.27. The fourth-order valence-corrected chi connectivity index (χ4v) is 12.8. The molecule has 0 N–H and O–H groups in total. The average molecular weight is 527 g/mol. The molecule has 0 spiro atoms. The van der Waals surface area contributed by atoms with Gasteiger partial charge in [0.1, 0.15) is 5.75 Å². The molecule has 0 amide bonds. The van der Waals surface area contributed by atoms with E-state index in [0.29, 0.717) is 11.1 Å². The second-order valence-corrected chi connectivity index (χ2v) is 19.4. The molecule has 0 bridgehead atoms. The Kier molecular flexibility index (Phi) is 7.10. The summed E-state index contributed by atoms with van der Waals surface area (Å²) in [6, 6.07) is 11.7. The number of benzene rings is 2. The molecule has 2 aromatic rings. The van der Waals surface area contributed by atoms with E-state index in [-0.39, 0.29) is 10.8 Å². The Hall–Kier alpha value is -2.32. The largest absolute Gasteiger partial charge is 0.496 e. The van der Waals surface area contributed by atoms with Crippen molar-refractivity contribution in [3.63, 3.8) is 0 Å². The number of rotatable bonds is 4. The van der Waals surface area contributed by atoms with Gasteiger partial charge in [0, 0.05) is 16.7 Å². The molecule has 2 aliphatic rings. The first-order valence-electron chi connectivity index (χ1n) is 14.3. The van der Waals surface area contributed by atoms with Crippen molar-refractivity contribution < 1.29 is 4.74 Å². The predicted octanol–water partition coefficient (Wildman–Crippen LogP) is 10.8. The number of allylic oxidation sites excluding steroid dienone is 5. The number of ether oxygens (including phenoxy) is 1. The van der Waals surface area contributed by atoms with Crippen LogP contribution in [0.1, 0.15) is 104 Å². The van der Waals surface area contributed by atoms with Gasteiger partial charge in [-0.05, 0) is 84.4 Å². The van der Waals surface area contributed by atoms with Gasteiger partial charge in [-0.2, -0.15) is 0 Å². The Bertz CT molecular complexity index is 1340. The zero-order chi connectivity index (χ0) is 28.5. The van der Waals surface area contributed by atoms with E-state index >= 15 is 0 Å². The molecule has 0 saturated heterocycles. The highest BCUT2D eigenvalue weighted by atomic mass is 28.3. The SMILES string of the molecule is COc1c(C(C)(C)C)cc2c(c1-c1ccc(C(C)(C)C)cc1)C=C(C)C2[Si](C)(C)C1C(C)=C(C)C(C)=C1C. The Balaban J connectivity index is 2.00. The lowest BCUT2D eigenvalue weighted by atomic mass is 9.80. The number of hydrogen-bond acceptors (Lipinski definition) is 1. The normalized spacial score (nSPS) is 18.9. The van der Waals surface area contributed by atoms with Crippen LogP contribution in [0.15, 0.2) is 58.2 Å². The molecule has 0 radical (unpaired) electrons. The standard InChI is InChI=1S/C36H50OSi/c1-21-19-28-29(33(21)38(13,14)34-24(4)22(2)23(3)25(34)5)20-30(36(9,10)11)32(37-12)31(28)26-15-17-27(18-16-26)35(6,7)8/h15-20,33-34H,1-14H3. The maximum absolute atomic E-state index is 6.27. The smallest absolute Gasteiger partial charge is 0.131 e. The number of hydrogen-bond donors (Lipinski definition) is 0. The van der Waals surface area contributed by atoms with E-state index in [9.17, 15) is 0 Å². The predicted molar refractivity (Wildman–Crippen MR) is 170 cm³/mol. The molecule has 0 aromatic heterocycles. The summed E-state index contributed by atoms with van der Waals surface area (Å²) < 4.78 is 6.27. The summed E-state index contributed by atoms with van der Waals surface area (Å²) in [6.45, 7) is 30.9. The van der Waals surface area contributed by atoms with Crippen LogP contribution in [0.2, 0.25) is 18.6 Å². The fourth-order valence-electron chi connectivity index (χ4n) is 7.46. The maximum Gasteiger partial charge on any atom is 0.131 e. The molecule has 2 heteroatoms. The highest BCUT2D eigenvalue weighted by Gasteiger charge is 2.48. The Morgan fingerprint density at radius 3 is 1.71 bits per heavy atom. The molecule has 4 rings (SSSR count). The van der Waals surface area contributed by atoms with E-state index in [1.165, 1.54) is 50.1 Å². The summed E-state index contributed by atoms with van der Waals surface area (Å²) in [5.41, 5.74) is 17.0. The summed E-state index contributed by atoms with van der Waals surface area (Å²) in [5.74, 6) is 1.03. The minimum atomic E-state index is -1.85. The van der Waals surface area contributed by atoms with Crippen LogP contribution in [0.4, 0.5) is 0 Å². The first kappa shape index (κ1) is 28.7. The highest BCUT2D eigenvalue weighted by molar-refractivity contribution is 6.82. The number of methoxy groups -OCH3 is 1. The quantitative estimate of drug-likeness (QED) is 0.360. The lowest BCUT2D eigenvalue weighted by molar-refractivity contribution is 0.399. The van der Waals surface area contributed by atoms with Crippen LogP contribution in [0.5, 0.6) is 5.75 Å². The Morgan fingerprint density at radius 1 is 0.737 bits per heavy atom. The van der Waals surface area contributed by atoms with Gasteiger partial charge in [0.25, 0.3) is 0 Å². The van der Waals surface area contributed by atoms with Crippen LogP contribution >= 0.6 is 0 Å². The molecule has 1 nitrogen and oxygen atoms in total. The molecule has 38 heavy (non-hydrogen) atoms. The fraction of sp³-hybridized carbons (Fsp3) is 0.500. The summed E-state index contributed by atoms with van der Waals surface area (Å²) >= 11 is 0.